The third kappa shape index (κ3) is 3.56. The average Bonchev–Trinajstić information content (AvgIpc) is 3.46. The Balaban J connectivity index is 1.20. The molecule has 1 atom stereocenters. The highest BCUT2D eigenvalue weighted by molar-refractivity contribution is 5.90. The van der Waals surface area contributed by atoms with Gasteiger partial charge in [-0.05, 0) is 47.4 Å². The number of hydrogen-bond acceptors (Lipinski definition) is 4. The Hall–Kier alpha value is -3.35. The summed E-state index contributed by atoms with van der Waals surface area (Å²) < 4.78 is 5.60. The van der Waals surface area contributed by atoms with E-state index in [2.05, 4.69) is 29.6 Å². The zero-order valence-electron chi connectivity index (χ0n) is 18.6. The molecule has 6 rings (SSSR count). The van der Waals surface area contributed by atoms with Gasteiger partial charge in [-0.15, -0.1) is 0 Å². The molecular formula is C26H28N2O5. The molecule has 3 fully saturated rings. The van der Waals surface area contributed by atoms with E-state index < -0.39 is 23.6 Å². The summed E-state index contributed by atoms with van der Waals surface area (Å²) in [4.78, 5) is 38.7. The van der Waals surface area contributed by atoms with Gasteiger partial charge in [-0.25, -0.2) is 9.59 Å². The summed E-state index contributed by atoms with van der Waals surface area (Å²) >= 11 is 0. The van der Waals surface area contributed by atoms with E-state index in [-0.39, 0.29) is 30.8 Å². The molecule has 0 radical (unpaired) electrons. The van der Waals surface area contributed by atoms with Crippen LogP contribution in [0.25, 0.3) is 11.1 Å². The molecule has 2 amide bonds. The number of rotatable bonds is 7. The molecule has 2 N–H and O–H groups in total. The predicted molar refractivity (Wildman–Crippen MR) is 122 cm³/mol. The molecule has 0 aromatic heterocycles. The maximum atomic E-state index is 12.9. The first kappa shape index (κ1) is 21.5. The molecule has 7 heteroatoms. The van der Waals surface area contributed by atoms with E-state index in [0.717, 1.165) is 22.3 Å². The highest BCUT2D eigenvalue weighted by Gasteiger charge is 2.62. The van der Waals surface area contributed by atoms with Crippen LogP contribution in [0.4, 0.5) is 4.79 Å². The Bertz CT molecular complexity index is 1060. The summed E-state index contributed by atoms with van der Waals surface area (Å²) in [6.07, 6.45) is 1.13. The van der Waals surface area contributed by atoms with E-state index in [9.17, 15) is 19.5 Å². The highest BCUT2D eigenvalue weighted by Crippen LogP contribution is 2.51. The normalized spacial score (nSPS) is 23.3. The monoisotopic (exact) mass is 448 g/mol. The van der Waals surface area contributed by atoms with Gasteiger partial charge in [0.05, 0.1) is 0 Å². The second kappa shape index (κ2) is 8.21. The van der Waals surface area contributed by atoms with Gasteiger partial charge in [-0.3, -0.25) is 4.79 Å². The van der Waals surface area contributed by atoms with Crippen molar-refractivity contribution in [1.82, 2.24) is 10.2 Å². The summed E-state index contributed by atoms with van der Waals surface area (Å²) in [7, 11) is 0. The van der Waals surface area contributed by atoms with Gasteiger partial charge in [0.15, 0.2) is 0 Å². The molecule has 172 valence electrons. The van der Waals surface area contributed by atoms with Crippen LogP contribution in [0, 0.1) is 5.92 Å². The summed E-state index contributed by atoms with van der Waals surface area (Å²) in [5.41, 5.74) is 3.57. The maximum Gasteiger partial charge on any atom is 0.407 e. The van der Waals surface area contributed by atoms with Crippen molar-refractivity contribution in [3.05, 3.63) is 59.7 Å². The summed E-state index contributed by atoms with van der Waals surface area (Å²) in [6.45, 7) is 2.59. The number of benzene rings is 2. The number of nitrogens with one attached hydrogen (secondary N) is 1. The Morgan fingerprint density at radius 3 is 2.27 bits per heavy atom. The average molecular weight is 449 g/mol. The molecule has 2 aliphatic carbocycles. The van der Waals surface area contributed by atoms with Crippen LogP contribution in [0.2, 0.25) is 0 Å². The molecule has 2 aromatic carbocycles. The van der Waals surface area contributed by atoms with Crippen LogP contribution in [0.1, 0.15) is 49.7 Å². The van der Waals surface area contributed by atoms with Crippen molar-refractivity contribution in [1.29, 1.82) is 0 Å². The first-order chi connectivity index (χ1) is 15.9. The number of aliphatic carboxylic acids is 1. The van der Waals surface area contributed by atoms with Crippen LogP contribution in [-0.4, -0.2) is 52.7 Å². The lowest BCUT2D eigenvalue weighted by Crippen LogP contribution is -2.55. The van der Waals surface area contributed by atoms with E-state index >= 15 is 0 Å². The van der Waals surface area contributed by atoms with Crippen molar-refractivity contribution < 1.29 is 24.2 Å². The number of carboxylic acids is 1. The minimum atomic E-state index is -1.04. The molecule has 0 spiro atoms. The summed E-state index contributed by atoms with van der Waals surface area (Å²) in [5.74, 6) is -0.901. The van der Waals surface area contributed by atoms with Crippen LogP contribution < -0.4 is 5.32 Å². The number of ether oxygens (including phenoxy) is 1. The number of carboxylic acid groups (broad SMARTS) is 1. The Labute approximate surface area is 192 Å². The fourth-order valence-corrected chi connectivity index (χ4v) is 5.73. The fraction of sp³-hybridized carbons (Fsp3) is 0.423. The maximum absolute atomic E-state index is 12.9. The van der Waals surface area contributed by atoms with Gasteiger partial charge in [-0.1, -0.05) is 55.5 Å². The van der Waals surface area contributed by atoms with Crippen molar-refractivity contribution in [2.45, 2.75) is 50.1 Å². The third-order valence-corrected chi connectivity index (χ3v) is 7.49. The van der Waals surface area contributed by atoms with Gasteiger partial charge in [0, 0.05) is 24.9 Å². The minimum absolute atomic E-state index is 0.0308. The molecule has 2 saturated heterocycles. The molecule has 33 heavy (non-hydrogen) atoms. The van der Waals surface area contributed by atoms with Gasteiger partial charge >= 0.3 is 12.1 Å². The molecular weight excluding hydrogens is 420 g/mol. The van der Waals surface area contributed by atoms with Crippen molar-refractivity contribution in [3.8, 4) is 11.1 Å². The highest BCUT2D eigenvalue weighted by atomic mass is 16.5. The lowest BCUT2D eigenvalue weighted by atomic mass is 9.73. The van der Waals surface area contributed by atoms with Gasteiger partial charge in [0.2, 0.25) is 5.91 Å². The van der Waals surface area contributed by atoms with Crippen LogP contribution in [-0.2, 0) is 14.3 Å². The van der Waals surface area contributed by atoms with E-state index in [1.807, 2.05) is 31.2 Å². The summed E-state index contributed by atoms with van der Waals surface area (Å²) in [6, 6.07) is 15.9. The molecule has 7 nitrogen and oxygen atoms in total. The zero-order valence-corrected chi connectivity index (χ0v) is 18.6. The quantitative estimate of drug-likeness (QED) is 0.672. The molecule has 1 saturated carbocycles. The van der Waals surface area contributed by atoms with Crippen LogP contribution in [0.3, 0.4) is 0 Å². The van der Waals surface area contributed by atoms with Crippen molar-refractivity contribution >= 4 is 18.0 Å². The van der Waals surface area contributed by atoms with E-state index in [1.54, 1.807) is 0 Å². The number of fused-ring (bicyclic) bond motifs is 4. The van der Waals surface area contributed by atoms with Gasteiger partial charge in [0.25, 0.3) is 0 Å². The number of alkyl carbamates (subject to hydrolysis) is 1. The largest absolute Gasteiger partial charge is 0.479 e. The topological polar surface area (TPSA) is 95.9 Å². The van der Waals surface area contributed by atoms with Crippen molar-refractivity contribution in [2.24, 2.45) is 5.92 Å². The molecule has 2 bridgehead atoms. The zero-order chi connectivity index (χ0) is 23.2. The second-order valence-electron chi connectivity index (χ2n) is 9.39. The molecule has 0 unspecified atom stereocenters. The van der Waals surface area contributed by atoms with Crippen LogP contribution >= 0.6 is 0 Å². The first-order valence-corrected chi connectivity index (χ1v) is 11.6. The van der Waals surface area contributed by atoms with E-state index in [4.69, 9.17) is 4.74 Å². The van der Waals surface area contributed by atoms with Crippen molar-refractivity contribution in [3.63, 3.8) is 0 Å². The van der Waals surface area contributed by atoms with E-state index in [1.165, 1.54) is 4.90 Å². The van der Waals surface area contributed by atoms with Crippen LogP contribution in [0.15, 0.2) is 48.5 Å². The smallest absolute Gasteiger partial charge is 0.407 e. The van der Waals surface area contributed by atoms with Gasteiger partial charge in [0.1, 0.15) is 12.1 Å². The molecule has 2 heterocycles. The van der Waals surface area contributed by atoms with Gasteiger partial charge in [-0.2, -0.15) is 0 Å². The predicted octanol–water partition coefficient (Wildman–Crippen LogP) is 3.77. The van der Waals surface area contributed by atoms with Crippen molar-refractivity contribution in [2.75, 3.05) is 13.2 Å². The second-order valence-corrected chi connectivity index (χ2v) is 9.39. The number of amides is 2. The lowest BCUT2D eigenvalue weighted by Gasteiger charge is -2.38. The minimum Gasteiger partial charge on any atom is -0.479 e. The summed E-state index contributed by atoms with van der Waals surface area (Å²) in [5, 5.41) is 12.4. The van der Waals surface area contributed by atoms with Gasteiger partial charge < -0.3 is 20.1 Å². The number of carbonyl (C=O) groups is 3. The lowest BCUT2D eigenvalue weighted by molar-refractivity contribution is -0.158. The SMILES string of the molecule is CC[C@@H](CC(=O)N1CC2CC1(C(=O)O)C2)NC(=O)OCC1c2ccccc2-c2ccccc21. The Kier molecular flexibility index (Phi) is 5.35. The Morgan fingerprint density at radius 2 is 1.70 bits per heavy atom. The van der Waals surface area contributed by atoms with Crippen LogP contribution in [0.5, 0.6) is 0 Å². The number of nitrogens with zero attached hydrogens (tertiary/aromatic N) is 1. The molecule has 2 aliphatic heterocycles. The standard InChI is InChI=1S/C26H28N2O5/c1-2-17(11-23(29)28-14-16-12-26(28,13-16)24(30)31)27-25(32)33-15-22-20-9-5-3-7-18(20)19-8-4-6-10-21(19)22/h3-10,16-17,22H,2,11-15H2,1H3,(H,27,32)(H,30,31)/t16?,17-,26?/m0/s1. The fourth-order valence-electron chi connectivity index (χ4n) is 5.73. The first-order valence-electron chi connectivity index (χ1n) is 11.6. The third-order valence-electron chi connectivity index (χ3n) is 7.49. The molecule has 4 aliphatic rings. The van der Waals surface area contributed by atoms with E-state index in [0.29, 0.717) is 25.8 Å². The number of carbonyl (C=O) groups excluding carboxylic acids is 2. The Morgan fingerprint density at radius 1 is 1.09 bits per heavy atom. The number of hydrogen-bond donors (Lipinski definition) is 2. The molecule has 2 aromatic rings.